The number of aliphatic imine (C=N–C) groups is 1. The van der Waals surface area contributed by atoms with E-state index in [1.165, 1.54) is 5.56 Å². The summed E-state index contributed by atoms with van der Waals surface area (Å²) in [6.07, 6.45) is -0.192. The lowest BCUT2D eigenvalue weighted by Gasteiger charge is -2.25. The third-order valence-corrected chi connectivity index (χ3v) is 6.97. The first kappa shape index (κ1) is 25.6. The number of anilines is 1. The van der Waals surface area contributed by atoms with Gasteiger partial charge in [0.05, 0.1) is 17.4 Å². The zero-order valence-electron chi connectivity index (χ0n) is 20.8. The van der Waals surface area contributed by atoms with E-state index in [1.807, 2.05) is 78.9 Å². The number of carbonyl (C=O) groups is 1. The largest absolute Gasteiger partial charge is 0.356 e. The highest BCUT2D eigenvalue weighted by Gasteiger charge is 2.31. The fraction of sp³-hybridized carbons (Fsp3) is 0.129. The molecule has 4 aromatic rings. The summed E-state index contributed by atoms with van der Waals surface area (Å²) in [7, 11) is 1.74. The van der Waals surface area contributed by atoms with E-state index in [1.54, 1.807) is 18.0 Å². The van der Waals surface area contributed by atoms with Crippen molar-refractivity contribution in [2.45, 2.75) is 18.6 Å². The Balaban J connectivity index is 1.45. The van der Waals surface area contributed by atoms with Crippen LogP contribution in [0.25, 0.3) is 0 Å². The van der Waals surface area contributed by atoms with Gasteiger partial charge < -0.3 is 15.5 Å². The summed E-state index contributed by atoms with van der Waals surface area (Å²) in [6, 6.07) is 35.5. The molecule has 2 N–H and O–H groups in total. The zero-order valence-corrected chi connectivity index (χ0v) is 22.4. The highest BCUT2D eigenvalue weighted by molar-refractivity contribution is 7.80. The van der Waals surface area contributed by atoms with Gasteiger partial charge in [-0.2, -0.15) is 0 Å². The third-order valence-electron chi connectivity index (χ3n) is 6.50. The van der Waals surface area contributed by atoms with Crippen LogP contribution in [-0.4, -0.2) is 29.9 Å². The fourth-order valence-electron chi connectivity index (χ4n) is 4.58. The molecule has 4 aromatic carbocycles. The normalized spacial score (nSPS) is 15.6. The van der Waals surface area contributed by atoms with Crippen molar-refractivity contribution >= 4 is 46.2 Å². The summed E-state index contributed by atoms with van der Waals surface area (Å²) in [5.74, 6) is -0.219. The number of rotatable bonds is 6. The summed E-state index contributed by atoms with van der Waals surface area (Å²) in [5.41, 5.74) is 5.35. The highest BCUT2D eigenvalue weighted by Crippen LogP contribution is 2.30. The molecule has 0 spiro atoms. The Morgan fingerprint density at radius 3 is 2.26 bits per heavy atom. The number of halogens is 1. The number of nitrogens with zero attached hydrogens (tertiary/aromatic N) is 2. The van der Waals surface area contributed by atoms with Gasteiger partial charge >= 0.3 is 0 Å². The van der Waals surface area contributed by atoms with Crippen LogP contribution in [0.3, 0.4) is 0 Å². The molecule has 0 saturated heterocycles. The molecule has 38 heavy (non-hydrogen) atoms. The highest BCUT2D eigenvalue weighted by atomic mass is 35.5. The van der Waals surface area contributed by atoms with Crippen molar-refractivity contribution in [1.82, 2.24) is 10.6 Å². The second-order valence-electron chi connectivity index (χ2n) is 9.08. The number of benzene rings is 4. The molecule has 0 radical (unpaired) electrons. The predicted octanol–water partition coefficient (Wildman–Crippen LogP) is 5.93. The molecule has 0 aliphatic carbocycles. The lowest BCUT2D eigenvalue weighted by atomic mass is 9.99. The number of hydrogen-bond donors (Lipinski definition) is 2. The van der Waals surface area contributed by atoms with E-state index in [2.05, 4.69) is 34.9 Å². The van der Waals surface area contributed by atoms with Crippen molar-refractivity contribution in [2.75, 3.05) is 11.9 Å². The van der Waals surface area contributed by atoms with Crippen molar-refractivity contribution in [3.05, 3.63) is 136 Å². The smallest absolute Gasteiger partial charge is 0.272 e. The number of thiocarbonyl (C=S) groups is 1. The van der Waals surface area contributed by atoms with Gasteiger partial charge in [-0.3, -0.25) is 4.79 Å². The van der Waals surface area contributed by atoms with Crippen LogP contribution in [0.4, 0.5) is 5.69 Å². The minimum Gasteiger partial charge on any atom is -0.356 e. The van der Waals surface area contributed by atoms with Crippen LogP contribution in [0, 0.1) is 0 Å². The number of fused-ring (bicyclic) bond motifs is 1. The molecule has 190 valence electrons. The standard InChI is InChI=1S/C31H27ClN4OS/c1-36-27-18-17-24(32)20-25(27)28(23-15-9-4-10-16-23)34-29(30(36)37)35-31(38)33-26(22-13-7-3-8-14-22)19-21-11-5-2-6-12-21/h2-18,20,26,29H,19H2,1H3,(H2,33,35,38). The van der Waals surface area contributed by atoms with Crippen molar-refractivity contribution in [2.24, 2.45) is 4.99 Å². The first-order valence-electron chi connectivity index (χ1n) is 12.4. The van der Waals surface area contributed by atoms with Crippen molar-refractivity contribution in [3.8, 4) is 0 Å². The number of likely N-dealkylation sites (N-methyl/N-ethyl adjacent to an activating group) is 1. The van der Waals surface area contributed by atoms with Gasteiger partial charge in [0.1, 0.15) is 0 Å². The zero-order chi connectivity index (χ0) is 26.5. The molecular formula is C31H27ClN4OS. The fourth-order valence-corrected chi connectivity index (χ4v) is 5.00. The van der Waals surface area contributed by atoms with Crippen LogP contribution in [0.5, 0.6) is 0 Å². The summed E-state index contributed by atoms with van der Waals surface area (Å²) in [6.45, 7) is 0. The Morgan fingerprint density at radius 1 is 0.947 bits per heavy atom. The van der Waals surface area contributed by atoms with E-state index in [-0.39, 0.29) is 11.9 Å². The third kappa shape index (κ3) is 5.77. The van der Waals surface area contributed by atoms with E-state index < -0.39 is 6.17 Å². The first-order chi connectivity index (χ1) is 18.5. The Kier molecular flexibility index (Phi) is 7.82. The lowest BCUT2D eigenvalue weighted by molar-refractivity contribution is -0.119. The van der Waals surface area contributed by atoms with Gasteiger partial charge in [-0.15, -0.1) is 0 Å². The molecule has 1 heterocycles. The molecule has 0 fully saturated rings. The van der Waals surface area contributed by atoms with Gasteiger partial charge in [0.25, 0.3) is 5.91 Å². The van der Waals surface area contributed by atoms with Gasteiger partial charge in [-0.25, -0.2) is 4.99 Å². The van der Waals surface area contributed by atoms with E-state index in [0.29, 0.717) is 15.8 Å². The van der Waals surface area contributed by atoms with Crippen molar-refractivity contribution in [1.29, 1.82) is 0 Å². The van der Waals surface area contributed by atoms with Gasteiger partial charge in [0.2, 0.25) is 6.17 Å². The number of amides is 1. The Hall–Kier alpha value is -4.00. The van der Waals surface area contributed by atoms with Gasteiger partial charge in [0, 0.05) is 23.2 Å². The average molecular weight is 539 g/mol. The maximum Gasteiger partial charge on any atom is 0.272 e. The Morgan fingerprint density at radius 2 is 1.58 bits per heavy atom. The summed E-state index contributed by atoms with van der Waals surface area (Å²) in [5, 5.41) is 7.53. The second kappa shape index (κ2) is 11.6. The van der Waals surface area contributed by atoms with Gasteiger partial charge in [-0.1, -0.05) is 103 Å². The monoisotopic (exact) mass is 538 g/mol. The molecule has 2 atom stereocenters. The Labute approximate surface area is 233 Å². The lowest BCUT2D eigenvalue weighted by Crippen LogP contribution is -2.50. The number of benzodiazepines with no additional fused rings is 1. The average Bonchev–Trinajstić information content (AvgIpc) is 3.04. The molecule has 1 amide bonds. The van der Waals surface area contributed by atoms with E-state index in [4.69, 9.17) is 28.8 Å². The Bertz CT molecular complexity index is 1460. The SMILES string of the molecule is CN1C(=O)C(NC(=S)NC(Cc2ccccc2)c2ccccc2)N=C(c2ccccc2)c2cc(Cl)ccc21. The number of carbonyl (C=O) groups excluding carboxylic acids is 1. The molecule has 0 saturated carbocycles. The minimum absolute atomic E-state index is 0.0919. The topological polar surface area (TPSA) is 56.7 Å². The first-order valence-corrected chi connectivity index (χ1v) is 13.1. The number of hydrogen-bond acceptors (Lipinski definition) is 3. The quantitative estimate of drug-likeness (QED) is 0.299. The molecule has 7 heteroatoms. The molecule has 0 bridgehead atoms. The second-order valence-corrected chi connectivity index (χ2v) is 9.92. The van der Waals surface area contributed by atoms with E-state index in [0.717, 1.165) is 28.8 Å². The molecule has 2 unspecified atom stereocenters. The van der Waals surface area contributed by atoms with Crippen molar-refractivity contribution < 1.29 is 4.79 Å². The van der Waals surface area contributed by atoms with Crippen LogP contribution in [0.15, 0.2) is 114 Å². The van der Waals surface area contributed by atoms with Gasteiger partial charge in [-0.05, 0) is 48.0 Å². The van der Waals surface area contributed by atoms with E-state index >= 15 is 0 Å². The number of nitrogens with one attached hydrogen (secondary N) is 2. The van der Waals surface area contributed by atoms with Crippen LogP contribution in [-0.2, 0) is 11.2 Å². The molecular weight excluding hydrogens is 512 g/mol. The summed E-state index contributed by atoms with van der Waals surface area (Å²) >= 11 is 12.1. The molecule has 1 aliphatic rings. The molecule has 1 aliphatic heterocycles. The maximum atomic E-state index is 13.6. The van der Waals surface area contributed by atoms with Crippen LogP contribution < -0.4 is 15.5 Å². The minimum atomic E-state index is -0.922. The maximum absolute atomic E-state index is 13.6. The predicted molar refractivity (Wildman–Crippen MR) is 159 cm³/mol. The summed E-state index contributed by atoms with van der Waals surface area (Å²) < 4.78 is 0. The van der Waals surface area contributed by atoms with Gasteiger partial charge in [0.15, 0.2) is 5.11 Å². The van der Waals surface area contributed by atoms with Crippen LogP contribution in [0.1, 0.15) is 28.3 Å². The molecule has 0 aromatic heterocycles. The molecule has 5 rings (SSSR count). The molecule has 5 nitrogen and oxygen atoms in total. The van der Waals surface area contributed by atoms with Crippen LogP contribution in [0.2, 0.25) is 5.02 Å². The van der Waals surface area contributed by atoms with E-state index in [9.17, 15) is 4.79 Å². The van der Waals surface area contributed by atoms with Crippen LogP contribution >= 0.6 is 23.8 Å². The van der Waals surface area contributed by atoms with Crippen molar-refractivity contribution in [3.63, 3.8) is 0 Å². The summed E-state index contributed by atoms with van der Waals surface area (Å²) in [4.78, 5) is 20.1.